The average molecular weight is 225 g/mol. The molecule has 0 bridgehead atoms. The normalized spacial score (nSPS) is 10.7. The zero-order valence-corrected chi connectivity index (χ0v) is 10.5. The first kappa shape index (κ1) is 12.3. The van der Waals surface area contributed by atoms with Crippen LogP contribution in [0.3, 0.4) is 0 Å². The molecule has 0 fully saturated rings. The number of nitrogens with one attached hydrogen (secondary N) is 1. The first-order valence-electron chi connectivity index (χ1n) is 5.39. The van der Waals surface area contributed by atoms with Crippen molar-refractivity contribution in [1.29, 1.82) is 0 Å². The minimum atomic E-state index is 0.626. The fourth-order valence-electron chi connectivity index (χ4n) is 1.06. The second-order valence-electron chi connectivity index (χ2n) is 3.64. The predicted octanol–water partition coefficient (Wildman–Crippen LogP) is 2.94. The maximum atomic E-state index is 4.44. The van der Waals surface area contributed by atoms with Gasteiger partial charge in [0.15, 0.2) is 0 Å². The summed E-state index contributed by atoms with van der Waals surface area (Å²) >= 11 is 1.86. The number of hydrogen-bond acceptors (Lipinski definition) is 4. The molecular formula is C11H19N3S. The zero-order chi connectivity index (χ0) is 11.1. The van der Waals surface area contributed by atoms with Crippen molar-refractivity contribution in [3.63, 3.8) is 0 Å². The minimum Gasteiger partial charge on any atom is -0.370 e. The van der Waals surface area contributed by atoms with Gasteiger partial charge in [0.05, 0.1) is 5.75 Å². The summed E-state index contributed by atoms with van der Waals surface area (Å²) in [7, 11) is 0. The van der Waals surface area contributed by atoms with E-state index in [2.05, 4.69) is 36.1 Å². The van der Waals surface area contributed by atoms with E-state index in [1.54, 1.807) is 0 Å². The third-order valence-corrected chi connectivity index (χ3v) is 2.90. The molecule has 84 valence electrons. The molecule has 0 aliphatic heterocycles. The molecule has 0 spiro atoms. The molecule has 0 saturated heterocycles. The van der Waals surface area contributed by atoms with E-state index in [0.29, 0.717) is 5.25 Å². The molecule has 15 heavy (non-hydrogen) atoms. The SMILES string of the molecule is CCCNc1ccnc(CSC(C)C)n1. The summed E-state index contributed by atoms with van der Waals surface area (Å²) in [5.41, 5.74) is 0. The highest BCUT2D eigenvalue weighted by Gasteiger charge is 2.01. The molecule has 0 atom stereocenters. The highest BCUT2D eigenvalue weighted by molar-refractivity contribution is 7.99. The Kier molecular flexibility index (Phi) is 5.47. The summed E-state index contributed by atoms with van der Waals surface area (Å²) in [4.78, 5) is 8.69. The Morgan fingerprint density at radius 3 is 2.93 bits per heavy atom. The lowest BCUT2D eigenvalue weighted by atomic mass is 10.4. The van der Waals surface area contributed by atoms with E-state index in [9.17, 15) is 0 Å². The Labute approximate surface area is 96.1 Å². The quantitative estimate of drug-likeness (QED) is 0.807. The fourth-order valence-corrected chi connectivity index (χ4v) is 1.68. The molecule has 0 aliphatic rings. The molecule has 0 amide bonds. The standard InChI is InChI=1S/C11H19N3S/c1-4-6-12-10-5-7-13-11(14-10)8-15-9(2)3/h5,7,9H,4,6,8H2,1-3H3,(H,12,13,14). The lowest BCUT2D eigenvalue weighted by Gasteiger charge is -2.06. The Bertz CT molecular complexity index is 289. The summed E-state index contributed by atoms with van der Waals surface area (Å²) in [6.45, 7) is 7.48. The van der Waals surface area contributed by atoms with E-state index >= 15 is 0 Å². The highest BCUT2D eigenvalue weighted by atomic mass is 32.2. The topological polar surface area (TPSA) is 37.8 Å². The second-order valence-corrected chi connectivity index (χ2v) is 5.21. The largest absolute Gasteiger partial charge is 0.370 e. The molecule has 1 aromatic heterocycles. The van der Waals surface area contributed by atoms with Crippen LogP contribution in [0.4, 0.5) is 5.82 Å². The van der Waals surface area contributed by atoms with Gasteiger partial charge in [0, 0.05) is 12.7 Å². The van der Waals surface area contributed by atoms with Crippen LogP contribution in [0.15, 0.2) is 12.3 Å². The van der Waals surface area contributed by atoms with Gasteiger partial charge in [-0.2, -0.15) is 11.8 Å². The van der Waals surface area contributed by atoms with E-state index in [0.717, 1.165) is 30.4 Å². The summed E-state index contributed by atoms with van der Waals surface area (Å²) in [5.74, 6) is 2.74. The zero-order valence-electron chi connectivity index (χ0n) is 9.66. The maximum Gasteiger partial charge on any atom is 0.140 e. The molecule has 1 N–H and O–H groups in total. The van der Waals surface area contributed by atoms with Gasteiger partial charge in [0.1, 0.15) is 11.6 Å². The van der Waals surface area contributed by atoms with Gasteiger partial charge in [0.2, 0.25) is 0 Å². The van der Waals surface area contributed by atoms with E-state index in [1.165, 1.54) is 0 Å². The van der Waals surface area contributed by atoms with Gasteiger partial charge in [-0.15, -0.1) is 0 Å². The van der Waals surface area contributed by atoms with Crippen LogP contribution in [-0.2, 0) is 5.75 Å². The second kappa shape index (κ2) is 6.67. The average Bonchev–Trinajstić information content (AvgIpc) is 2.24. The van der Waals surface area contributed by atoms with Gasteiger partial charge in [-0.25, -0.2) is 9.97 Å². The molecule has 3 nitrogen and oxygen atoms in total. The van der Waals surface area contributed by atoms with Crippen molar-refractivity contribution >= 4 is 17.6 Å². The Hall–Kier alpha value is -0.770. The number of hydrogen-bond donors (Lipinski definition) is 1. The summed E-state index contributed by atoms with van der Waals surface area (Å²) in [6.07, 6.45) is 2.93. The minimum absolute atomic E-state index is 0.626. The number of aromatic nitrogens is 2. The van der Waals surface area contributed by atoms with Crippen LogP contribution in [0, 0.1) is 0 Å². The van der Waals surface area contributed by atoms with Crippen LogP contribution >= 0.6 is 11.8 Å². The van der Waals surface area contributed by atoms with Crippen molar-refractivity contribution in [2.75, 3.05) is 11.9 Å². The number of anilines is 1. The molecule has 4 heteroatoms. The van der Waals surface area contributed by atoms with Crippen LogP contribution in [0.2, 0.25) is 0 Å². The van der Waals surface area contributed by atoms with Gasteiger partial charge in [0.25, 0.3) is 0 Å². The van der Waals surface area contributed by atoms with Crippen molar-refractivity contribution in [3.05, 3.63) is 18.1 Å². The maximum absolute atomic E-state index is 4.44. The van der Waals surface area contributed by atoms with Crippen LogP contribution < -0.4 is 5.32 Å². The molecule has 0 aromatic carbocycles. The fraction of sp³-hybridized carbons (Fsp3) is 0.636. The third-order valence-electron chi connectivity index (χ3n) is 1.81. The van der Waals surface area contributed by atoms with Crippen LogP contribution in [-0.4, -0.2) is 21.8 Å². The van der Waals surface area contributed by atoms with Crippen LogP contribution in [0.1, 0.15) is 33.0 Å². The Morgan fingerprint density at radius 2 is 2.27 bits per heavy atom. The number of rotatable bonds is 6. The Balaban J connectivity index is 2.50. The lowest BCUT2D eigenvalue weighted by Crippen LogP contribution is -2.04. The highest BCUT2D eigenvalue weighted by Crippen LogP contribution is 2.15. The molecule has 0 radical (unpaired) electrons. The van der Waals surface area contributed by atoms with Crippen molar-refractivity contribution in [2.24, 2.45) is 0 Å². The molecule has 0 unspecified atom stereocenters. The van der Waals surface area contributed by atoms with E-state index in [1.807, 2.05) is 24.0 Å². The molecule has 0 saturated carbocycles. The van der Waals surface area contributed by atoms with Crippen molar-refractivity contribution in [3.8, 4) is 0 Å². The van der Waals surface area contributed by atoms with Gasteiger partial charge < -0.3 is 5.32 Å². The first-order valence-corrected chi connectivity index (χ1v) is 6.44. The number of thioether (sulfide) groups is 1. The molecule has 1 rings (SSSR count). The smallest absolute Gasteiger partial charge is 0.140 e. The van der Waals surface area contributed by atoms with Gasteiger partial charge in [-0.3, -0.25) is 0 Å². The third kappa shape index (κ3) is 5.02. The first-order chi connectivity index (χ1) is 7.22. The van der Waals surface area contributed by atoms with E-state index in [4.69, 9.17) is 0 Å². The van der Waals surface area contributed by atoms with Gasteiger partial charge in [-0.1, -0.05) is 20.8 Å². The van der Waals surface area contributed by atoms with Crippen LogP contribution in [0.5, 0.6) is 0 Å². The molecule has 1 aromatic rings. The van der Waals surface area contributed by atoms with Crippen LogP contribution in [0.25, 0.3) is 0 Å². The van der Waals surface area contributed by atoms with Crippen molar-refractivity contribution in [2.45, 2.75) is 38.2 Å². The lowest BCUT2D eigenvalue weighted by molar-refractivity contribution is 0.949. The van der Waals surface area contributed by atoms with Crippen molar-refractivity contribution in [1.82, 2.24) is 9.97 Å². The van der Waals surface area contributed by atoms with E-state index in [-0.39, 0.29) is 0 Å². The molecular weight excluding hydrogens is 206 g/mol. The van der Waals surface area contributed by atoms with Gasteiger partial charge >= 0.3 is 0 Å². The summed E-state index contributed by atoms with van der Waals surface area (Å²) < 4.78 is 0. The summed E-state index contributed by atoms with van der Waals surface area (Å²) in [5, 5.41) is 3.89. The Morgan fingerprint density at radius 1 is 1.47 bits per heavy atom. The summed E-state index contributed by atoms with van der Waals surface area (Å²) in [6, 6.07) is 1.92. The van der Waals surface area contributed by atoms with Crippen molar-refractivity contribution < 1.29 is 0 Å². The van der Waals surface area contributed by atoms with Gasteiger partial charge in [-0.05, 0) is 17.7 Å². The molecule has 1 heterocycles. The number of nitrogens with zero attached hydrogens (tertiary/aromatic N) is 2. The monoisotopic (exact) mass is 225 g/mol. The predicted molar refractivity (Wildman–Crippen MR) is 67.2 cm³/mol. The van der Waals surface area contributed by atoms with E-state index < -0.39 is 0 Å². The molecule has 0 aliphatic carbocycles.